The Morgan fingerprint density at radius 2 is 1.95 bits per heavy atom. The van der Waals surface area contributed by atoms with Crippen molar-refractivity contribution in [2.75, 3.05) is 38.5 Å². The Morgan fingerprint density at radius 1 is 1.25 bits per heavy atom. The summed E-state index contributed by atoms with van der Waals surface area (Å²) in [5.74, 6) is 0.0478. The second kappa shape index (κ2) is 6.78. The average Bonchev–Trinajstić information content (AvgIpc) is 2.41. The number of ketones is 1. The number of nitrogens with one attached hydrogen (secondary N) is 2. The summed E-state index contributed by atoms with van der Waals surface area (Å²) in [5.41, 5.74) is 4.68. The van der Waals surface area contributed by atoms with Gasteiger partial charge in [-0.25, -0.2) is 5.01 Å². The van der Waals surface area contributed by atoms with Gasteiger partial charge in [-0.2, -0.15) is 0 Å². The van der Waals surface area contributed by atoms with E-state index in [2.05, 4.69) is 27.7 Å². The molecule has 0 aliphatic carbocycles. The summed E-state index contributed by atoms with van der Waals surface area (Å²) in [6, 6.07) is 7.34. The highest BCUT2D eigenvalue weighted by atomic mass is 32.1. The average molecular weight is 292 g/mol. The van der Waals surface area contributed by atoms with Gasteiger partial charge in [0.15, 0.2) is 10.9 Å². The van der Waals surface area contributed by atoms with Crippen LogP contribution in [0.1, 0.15) is 17.3 Å². The van der Waals surface area contributed by atoms with Gasteiger partial charge >= 0.3 is 0 Å². The maximum absolute atomic E-state index is 11.3. The van der Waals surface area contributed by atoms with E-state index in [0.717, 1.165) is 31.9 Å². The molecule has 0 amide bonds. The fourth-order valence-electron chi connectivity index (χ4n) is 2.04. The molecule has 6 heteroatoms. The Morgan fingerprint density at radius 3 is 2.60 bits per heavy atom. The number of piperazine rings is 1. The minimum atomic E-state index is 0.0478. The largest absolute Gasteiger partial charge is 0.332 e. The summed E-state index contributed by atoms with van der Waals surface area (Å²) >= 11 is 5.29. The van der Waals surface area contributed by atoms with E-state index in [1.807, 2.05) is 12.1 Å². The Labute approximate surface area is 124 Å². The summed E-state index contributed by atoms with van der Waals surface area (Å²) in [4.78, 5) is 13.6. The van der Waals surface area contributed by atoms with E-state index in [0.29, 0.717) is 10.7 Å². The first-order valence-electron chi connectivity index (χ1n) is 6.67. The number of hydrogen-bond acceptors (Lipinski definition) is 4. The molecule has 1 aliphatic heterocycles. The highest BCUT2D eigenvalue weighted by Gasteiger charge is 2.14. The van der Waals surface area contributed by atoms with Crippen molar-refractivity contribution in [1.82, 2.24) is 15.3 Å². The Kier molecular flexibility index (Phi) is 5.05. The number of rotatable bonds is 3. The van der Waals surface area contributed by atoms with Gasteiger partial charge in [0, 0.05) is 37.4 Å². The van der Waals surface area contributed by atoms with E-state index in [4.69, 9.17) is 12.2 Å². The molecule has 0 spiro atoms. The Bertz CT molecular complexity index is 498. The molecule has 1 aromatic rings. The predicted molar refractivity (Wildman–Crippen MR) is 84.9 cm³/mol. The number of Topliss-reactive ketones (excluding diaryl/α,β-unsaturated/α-hetero) is 1. The number of benzene rings is 1. The van der Waals surface area contributed by atoms with Gasteiger partial charge in [0.05, 0.1) is 0 Å². The first-order chi connectivity index (χ1) is 9.54. The van der Waals surface area contributed by atoms with Gasteiger partial charge in [-0.1, -0.05) is 12.1 Å². The van der Waals surface area contributed by atoms with Gasteiger partial charge in [-0.3, -0.25) is 10.2 Å². The third-order valence-electron chi connectivity index (χ3n) is 3.29. The summed E-state index contributed by atoms with van der Waals surface area (Å²) in [5, 5.41) is 5.76. The van der Waals surface area contributed by atoms with E-state index in [9.17, 15) is 4.79 Å². The van der Waals surface area contributed by atoms with E-state index in [1.165, 1.54) is 0 Å². The SMILES string of the molecule is CC(=O)c1cccc(NC(=S)NN2CCN(C)CC2)c1. The molecule has 0 saturated carbocycles. The Hall–Kier alpha value is -1.50. The molecule has 2 N–H and O–H groups in total. The number of hydrogen-bond donors (Lipinski definition) is 2. The van der Waals surface area contributed by atoms with Crippen LogP contribution in [0.4, 0.5) is 5.69 Å². The summed E-state index contributed by atoms with van der Waals surface area (Å²) in [6.45, 7) is 5.47. The maximum atomic E-state index is 11.3. The minimum Gasteiger partial charge on any atom is -0.332 e. The molecular weight excluding hydrogens is 272 g/mol. The van der Waals surface area contributed by atoms with Crippen molar-refractivity contribution in [2.45, 2.75) is 6.92 Å². The summed E-state index contributed by atoms with van der Waals surface area (Å²) in [6.07, 6.45) is 0. The molecule has 2 rings (SSSR count). The van der Waals surface area contributed by atoms with Crippen molar-refractivity contribution < 1.29 is 4.79 Å². The smallest absolute Gasteiger partial charge is 0.185 e. The fraction of sp³-hybridized carbons (Fsp3) is 0.429. The maximum Gasteiger partial charge on any atom is 0.185 e. The first-order valence-corrected chi connectivity index (χ1v) is 7.07. The lowest BCUT2D eigenvalue weighted by atomic mass is 10.1. The zero-order valence-corrected chi connectivity index (χ0v) is 12.7. The van der Waals surface area contributed by atoms with Crippen LogP contribution in [0.5, 0.6) is 0 Å². The lowest BCUT2D eigenvalue weighted by Crippen LogP contribution is -2.53. The van der Waals surface area contributed by atoms with Crippen molar-refractivity contribution >= 4 is 28.8 Å². The Balaban J connectivity index is 1.88. The van der Waals surface area contributed by atoms with Gasteiger partial charge in [0.2, 0.25) is 0 Å². The minimum absolute atomic E-state index is 0.0478. The van der Waals surface area contributed by atoms with Gasteiger partial charge in [-0.15, -0.1) is 0 Å². The monoisotopic (exact) mass is 292 g/mol. The molecule has 108 valence electrons. The number of anilines is 1. The molecule has 1 aliphatic rings. The molecule has 0 atom stereocenters. The molecular formula is C14H20N4OS. The molecule has 0 bridgehead atoms. The quantitative estimate of drug-likeness (QED) is 0.647. The number of likely N-dealkylation sites (N-methyl/N-ethyl adjacent to an activating group) is 1. The number of hydrazine groups is 1. The lowest BCUT2D eigenvalue weighted by Gasteiger charge is -2.33. The van der Waals surface area contributed by atoms with Gasteiger partial charge in [0.25, 0.3) is 0 Å². The molecule has 1 saturated heterocycles. The zero-order chi connectivity index (χ0) is 14.5. The van der Waals surface area contributed by atoms with Gasteiger partial charge in [0.1, 0.15) is 0 Å². The third-order valence-corrected chi connectivity index (χ3v) is 3.48. The first kappa shape index (κ1) is 14.9. The van der Waals surface area contributed by atoms with Crippen LogP contribution in [0.2, 0.25) is 0 Å². The van der Waals surface area contributed by atoms with Crippen LogP contribution in [-0.4, -0.2) is 54.0 Å². The van der Waals surface area contributed by atoms with Crippen LogP contribution >= 0.6 is 12.2 Å². The van der Waals surface area contributed by atoms with Gasteiger partial charge < -0.3 is 10.2 Å². The molecule has 0 radical (unpaired) electrons. The van der Waals surface area contributed by atoms with Crippen molar-refractivity contribution in [2.24, 2.45) is 0 Å². The van der Waals surface area contributed by atoms with Crippen LogP contribution in [0.3, 0.4) is 0 Å². The van der Waals surface area contributed by atoms with Crippen LogP contribution in [0, 0.1) is 0 Å². The zero-order valence-electron chi connectivity index (χ0n) is 11.8. The highest BCUT2D eigenvalue weighted by Crippen LogP contribution is 2.11. The normalized spacial score (nSPS) is 16.7. The predicted octanol–water partition coefficient (Wildman–Crippen LogP) is 1.34. The van der Waals surface area contributed by atoms with Crippen molar-refractivity contribution in [3.63, 3.8) is 0 Å². The molecule has 20 heavy (non-hydrogen) atoms. The van der Waals surface area contributed by atoms with Crippen molar-refractivity contribution in [1.29, 1.82) is 0 Å². The number of carbonyl (C=O) groups is 1. The second-order valence-electron chi connectivity index (χ2n) is 4.99. The molecule has 1 heterocycles. The molecule has 0 unspecified atom stereocenters. The fourth-order valence-corrected chi connectivity index (χ4v) is 2.28. The van der Waals surface area contributed by atoms with E-state index >= 15 is 0 Å². The highest BCUT2D eigenvalue weighted by molar-refractivity contribution is 7.80. The summed E-state index contributed by atoms with van der Waals surface area (Å²) in [7, 11) is 2.11. The standard InChI is InChI=1S/C14H20N4OS/c1-11(19)12-4-3-5-13(10-12)15-14(20)16-18-8-6-17(2)7-9-18/h3-5,10H,6-9H2,1-2H3,(H2,15,16,20). The number of nitrogens with zero attached hydrogens (tertiary/aromatic N) is 2. The molecule has 5 nitrogen and oxygen atoms in total. The van der Waals surface area contributed by atoms with Gasteiger partial charge in [-0.05, 0) is 38.3 Å². The van der Waals surface area contributed by atoms with E-state index < -0.39 is 0 Å². The van der Waals surface area contributed by atoms with Crippen molar-refractivity contribution in [3.8, 4) is 0 Å². The third kappa shape index (κ3) is 4.26. The van der Waals surface area contributed by atoms with Crippen LogP contribution < -0.4 is 10.7 Å². The number of thiocarbonyl (C=S) groups is 1. The lowest BCUT2D eigenvalue weighted by molar-refractivity contribution is 0.101. The molecule has 1 fully saturated rings. The van der Waals surface area contributed by atoms with Crippen LogP contribution in [0.25, 0.3) is 0 Å². The van der Waals surface area contributed by atoms with Crippen LogP contribution in [-0.2, 0) is 0 Å². The van der Waals surface area contributed by atoms with Crippen molar-refractivity contribution in [3.05, 3.63) is 29.8 Å². The number of carbonyl (C=O) groups excluding carboxylic acids is 1. The summed E-state index contributed by atoms with van der Waals surface area (Å²) < 4.78 is 0. The molecule has 0 aromatic heterocycles. The topological polar surface area (TPSA) is 47.6 Å². The van der Waals surface area contributed by atoms with Crippen LogP contribution in [0.15, 0.2) is 24.3 Å². The molecule has 1 aromatic carbocycles. The van der Waals surface area contributed by atoms with E-state index in [1.54, 1.807) is 19.1 Å². The second-order valence-corrected chi connectivity index (χ2v) is 5.40. The van der Waals surface area contributed by atoms with E-state index in [-0.39, 0.29) is 5.78 Å².